The monoisotopic (exact) mass is 280 g/mol. The fourth-order valence-electron chi connectivity index (χ4n) is 1.38. The van der Waals surface area contributed by atoms with Crippen molar-refractivity contribution < 1.29 is 4.79 Å². The van der Waals surface area contributed by atoms with Gasteiger partial charge in [0.25, 0.3) is 5.91 Å². The molecule has 0 saturated heterocycles. The van der Waals surface area contributed by atoms with Crippen molar-refractivity contribution in [2.24, 2.45) is 0 Å². The maximum atomic E-state index is 12.0. The lowest BCUT2D eigenvalue weighted by Gasteiger charge is -2.19. The number of benzene rings is 1. The van der Waals surface area contributed by atoms with E-state index < -0.39 is 0 Å². The fraction of sp³-hybridized carbons (Fsp3) is 0.333. The summed E-state index contributed by atoms with van der Waals surface area (Å²) in [6, 6.07) is 8.74. The number of halogens is 1. The number of amides is 1. The van der Waals surface area contributed by atoms with E-state index >= 15 is 0 Å². The normalized spacial score (nSPS) is 9.56. The number of nitrogens with zero attached hydrogens (tertiary/aromatic N) is 2. The van der Waals surface area contributed by atoms with Gasteiger partial charge in [0.2, 0.25) is 0 Å². The van der Waals surface area contributed by atoms with Crippen LogP contribution in [-0.2, 0) is 0 Å². The Morgan fingerprint density at radius 2 is 2.06 bits per heavy atom. The molecule has 0 bridgehead atoms. The molecule has 4 heteroatoms. The van der Waals surface area contributed by atoms with Gasteiger partial charge in [-0.2, -0.15) is 5.26 Å². The Morgan fingerprint density at radius 3 is 2.50 bits per heavy atom. The highest BCUT2D eigenvalue weighted by Gasteiger charge is 2.12. The lowest BCUT2D eigenvalue weighted by atomic mass is 10.1. The molecule has 1 aromatic rings. The van der Waals surface area contributed by atoms with Crippen molar-refractivity contribution in [2.75, 3.05) is 18.4 Å². The second kappa shape index (κ2) is 6.29. The zero-order valence-corrected chi connectivity index (χ0v) is 10.7. The molecule has 0 fully saturated rings. The average Bonchev–Trinajstić information content (AvgIpc) is 2.35. The van der Waals surface area contributed by atoms with E-state index in [0.29, 0.717) is 24.2 Å². The predicted molar refractivity (Wildman–Crippen MR) is 66.5 cm³/mol. The van der Waals surface area contributed by atoms with Crippen LogP contribution in [0.15, 0.2) is 24.3 Å². The van der Waals surface area contributed by atoms with Crippen LogP contribution in [0, 0.1) is 11.3 Å². The van der Waals surface area contributed by atoms with Crippen LogP contribution in [0.2, 0.25) is 0 Å². The largest absolute Gasteiger partial charge is 0.338 e. The van der Waals surface area contributed by atoms with Crippen LogP contribution in [0.1, 0.15) is 22.8 Å². The standard InChI is InChI=1S/C12H13BrN2O/c1-2-15(8-7-13)12(16)11-5-3-10(9-14)4-6-11/h3-6H,2,7-8H2,1H3. The Balaban J connectivity index is 2.83. The van der Waals surface area contributed by atoms with E-state index in [9.17, 15) is 4.79 Å². The van der Waals surface area contributed by atoms with Gasteiger partial charge in [0, 0.05) is 24.0 Å². The summed E-state index contributed by atoms with van der Waals surface area (Å²) in [7, 11) is 0. The lowest BCUT2D eigenvalue weighted by Crippen LogP contribution is -2.32. The molecule has 0 radical (unpaired) electrons. The van der Waals surface area contributed by atoms with E-state index in [1.807, 2.05) is 13.0 Å². The number of alkyl halides is 1. The van der Waals surface area contributed by atoms with Crippen LogP contribution < -0.4 is 0 Å². The third kappa shape index (κ3) is 3.07. The molecule has 3 nitrogen and oxygen atoms in total. The molecule has 1 aromatic carbocycles. The van der Waals surface area contributed by atoms with Gasteiger partial charge in [0.15, 0.2) is 0 Å². The second-order valence-corrected chi connectivity index (χ2v) is 4.06. The van der Waals surface area contributed by atoms with E-state index in [0.717, 1.165) is 5.33 Å². The number of hydrogen-bond acceptors (Lipinski definition) is 2. The second-order valence-electron chi connectivity index (χ2n) is 3.26. The minimum absolute atomic E-state index is 0.00596. The Morgan fingerprint density at radius 1 is 1.44 bits per heavy atom. The van der Waals surface area contributed by atoms with Crippen LogP contribution in [0.5, 0.6) is 0 Å². The van der Waals surface area contributed by atoms with Gasteiger partial charge in [0.1, 0.15) is 0 Å². The SMILES string of the molecule is CCN(CCBr)C(=O)c1ccc(C#N)cc1. The minimum Gasteiger partial charge on any atom is -0.338 e. The Labute approximate surface area is 104 Å². The van der Waals surface area contributed by atoms with Gasteiger partial charge in [0.05, 0.1) is 11.6 Å². The van der Waals surface area contributed by atoms with Gasteiger partial charge in [-0.05, 0) is 31.2 Å². The lowest BCUT2D eigenvalue weighted by molar-refractivity contribution is 0.0775. The summed E-state index contributed by atoms with van der Waals surface area (Å²) in [5.41, 5.74) is 1.20. The third-order valence-corrected chi connectivity index (χ3v) is 2.64. The van der Waals surface area contributed by atoms with Gasteiger partial charge in [-0.25, -0.2) is 0 Å². The Bertz CT molecular complexity index is 394. The van der Waals surface area contributed by atoms with Crippen molar-refractivity contribution >= 4 is 21.8 Å². The van der Waals surface area contributed by atoms with Crippen molar-refractivity contribution in [3.8, 4) is 6.07 Å². The molecule has 0 aliphatic rings. The topological polar surface area (TPSA) is 44.1 Å². The molecule has 0 aliphatic heterocycles. The van der Waals surface area contributed by atoms with E-state index in [-0.39, 0.29) is 5.91 Å². The number of hydrogen-bond donors (Lipinski definition) is 0. The summed E-state index contributed by atoms with van der Waals surface area (Å²) >= 11 is 3.32. The maximum absolute atomic E-state index is 12.0. The fourth-order valence-corrected chi connectivity index (χ4v) is 1.80. The van der Waals surface area contributed by atoms with Crippen molar-refractivity contribution in [3.05, 3.63) is 35.4 Å². The van der Waals surface area contributed by atoms with Gasteiger partial charge in [-0.1, -0.05) is 15.9 Å². The number of carbonyl (C=O) groups is 1. The van der Waals surface area contributed by atoms with Crippen molar-refractivity contribution in [2.45, 2.75) is 6.92 Å². The molecule has 84 valence electrons. The quantitative estimate of drug-likeness (QED) is 0.795. The molecular weight excluding hydrogens is 268 g/mol. The van der Waals surface area contributed by atoms with Gasteiger partial charge < -0.3 is 4.90 Å². The van der Waals surface area contributed by atoms with E-state index in [2.05, 4.69) is 15.9 Å². The molecule has 1 rings (SSSR count). The van der Waals surface area contributed by atoms with Crippen molar-refractivity contribution in [1.82, 2.24) is 4.90 Å². The highest BCUT2D eigenvalue weighted by atomic mass is 79.9. The molecule has 0 aliphatic carbocycles. The average molecular weight is 281 g/mol. The van der Waals surface area contributed by atoms with Crippen LogP contribution in [0.3, 0.4) is 0 Å². The molecule has 0 unspecified atom stereocenters. The van der Waals surface area contributed by atoms with E-state index in [1.165, 1.54) is 0 Å². The summed E-state index contributed by atoms with van der Waals surface area (Å²) in [4.78, 5) is 13.7. The molecule has 0 N–H and O–H groups in total. The zero-order chi connectivity index (χ0) is 12.0. The van der Waals surface area contributed by atoms with E-state index in [4.69, 9.17) is 5.26 Å². The molecule has 1 amide bonds. The molecule has 0 aromatic heterocycles. The van der Waals surface area contributed by atoms with Gasteiger partial charge >= 0.3 is 0 Å². The maximum Gasteiger partial charge on any atom is 0.253 e. The first kappa shape index (κ1) is 12.7. The highest BCUT2D eigenvalue weighted by molar-refractivity contribution is 9.09. The van der Waals surface area contributed by atoms with Crippen LogP contribution >= 0.6 is 15.9 Å². The number of nitriles is 1. The summed E-state index contributed by atoms with van der Waals surface area (Å²) in [5, 5.41) is 9.42. The summed E-state index contributed by atoms with van der Waals surface area (Å²) in [6.07, 6.45) is 0. The summed E-state index contributed by atoms with van der Waals surface area (Å²) in [5.74, 6) is 0.00596. The Kier molecular flexibility index (Phi) is 5.00. The molecule has 0 spiro atoms. The third-order valence-electron chi connectivity index (χ3n) is 2.28. The molecule has 0 heterocycles. The zero-order valence-electron chi connectivity index (χ0n) is 9.11. The van der Waals surface area contributed by atoms with Crippen LogP contribution in [0.25, 0.3) is 0 Å². The first-order chi connectivity index (χ1) is 7.72. The summed E-state index contributed by atoms with van der Waals surface area (Å²) < 4.78 is 0. The van der Waals surface area contributed by atoms with Gasteiger partial charge in [-0.15, -0.1) is 0 Å². The molecular formula is C12H13BrN2O. The summed E-state index contributed by atoms with van der Waals surface area (Å²) in [6.45, 7) is 3.32. The van der Waals surface area contributed by atoms with Crippen LogP contribution in [-0.4, -0.2) is 29.2 Å². The number of rotatable bonds is 4. The van der Waals surface area contributed by atoms with Gasteiger partial charge in [-0.3, -0.25) is 4.79 Å². The first-order valence-electron chi connectivity index (χ1n) is 5.08. The molecule has 0 atom stereocenters. The molecule has 0 saturated carbocycles. The van der Waals surface area contributed by atoms with Crippen molar-refractivity contribution in [3.63, 3.8) is 0 Å². The van der Waals surface area contributed by atoms with E-state index in [1.54, 1.807) is 29.2 Å². The highest BCUT2D eigenvalue weighted by Crippen LogP contribution is 2.07. The molecule has 16 heavy (non-hydrogen) atoms. The van der Waals surface area contributed by atoms with Crippen molar-refractivity contribution in [1.29, 1.82) is 5.26 Å². The smallest absolute Gasteiger partial charge is 0.253 e. The number of carbonyl (C=O) groups excluding carboxylic acids is 1. The predicted octanol–water partition coefficient (Wildman–Crippen LogP) is 2.42. The first-order valence-corrected chi connectivity index (χ1v) is 6.20. The Hall–Kier alpha value is -1.34. The van der Waals surface area contributed by atoms with Crippen LogP contribution in [0.4, 0.5) is 0 Å². The minimum atomic E-state index is 0.00596.